The lowest BCUT2D eigenvalue weighted by Gasteiger charge is -2.31. The smallest absolute Gasteiger partial charge is 0.176 e. The fourth-order valence-electron chi connectivity index (χ4n) is 4.11. The second kappa shape index (κ2) is 8.29. The van der Waals surface area contributed by atoms with E-state index < -0.39 is 0 Å². The van der Waals surface area contributed by atoms with Crippen molar-refractivity contribution in [1.29, 1.82) is 0 Å². The van der Waals surface area contributed by atoms with E-state index in [0.29, 0.717) is 24.6 Å². The van der Waals surface area contributed by atoms with Crippen LogP contribution in [0.25, 0.3) is 0 Å². The second-order valence-electron chi connectivity index (χ2n) is 7.69. The lowest BCUT2D eigenvalue weighted by Crippen LogP contribution is -2.37. The Morgan fingerprint density at radius 3 is 2.64 bits per heavy atom. The molecular weight excluding hydrogens is 357 g/mol. The maximum Gasteiger partial charge on any atom is 0.176 e. The van der Waals surface area contributed by atoms with Gasteiger partial charge in [-0.05, 0) is 74.2 Å². The number of aromatic nitrogens is 1. The number of halogens is 1. The van der Waals surface area contributed by atoms with Crippen molar-refractivity contribution in [2.24, 2.45) is 5.92 Å². The van der Waals surface area contributed by atoms with Gasteiger partial charge in [0.1, 0.15) is 12.1 Å². The van der Waals surface area contributed by atoms with Crippen LogP contribution in [0.4, 0.5) is 4.39 Å². The van der Waals surface area contributed by atoms with Crippen molar-refractivity contribution in [3.8, 4) is 0 Å². The first-order valence-electron chi connectivity index (χ1n) is 9.81. The Morgan fingerprint density at radius 2 is 1.93 bits per heavy atom. The molecule has 0 saturated carbocycles. The molecule has 0 aliphatic carbocycles. The number of likely N-dealkylation sites (tertiary alicyclic amines) is 1. The molecule has 146 valence electrons. The fraction of sp³-hybridized carbons (Fsp3) is 0.409. The summed E-state index contributed by atoms with van der Waals surface area (Å²) < 4.78 is 13.0. The van der Waals surface area contributed by atoms with Crippen LogP contribution in [0.5, 0.6) is 0 Å². The van der Waals surface area contributed by atoms with E-state index in [2.05, 4.69) is 10.2 Å². The molecule has 1 N–H and O–H groups in total. The highest BCUT2D eigenvalue weighted by Crippen LogP contribution is 2.25. The van der Waals surface area contributed by atoms with Crippen LogP contribution in [0.15, 0.2) is 36.4 Å². The van der Waals surface area contributed by atoms with Gasteiger partial charge < -0.3 is 4.79 Å². The zero-order valence-electron chi connectivity index (χ0n) is 15.7. The molecule has 1 aromatic heterocycles. The first kappa shape index (κ1) is 18.9. The van der Waals surface area contributed by atoms with Gasteiger partial charge in [-0.1, -0.05) is 6.07 Å². The average molecular weight is 381 g/mol. The monoisotopic (exact) mass is 381 g/mol. The highest BCUT2D eigenvalue weighted by atomic mass is 19.1. The van der Waals surface area contributed by atoms with Gasteiger partial charge in [0.2, 0.25) is 0 Å². The number of hydrogen-bond donors (Lipinski definition) is 1. The van der Waals surface area contributed by atoms with Crippen LogP contribution in [-0.4, -0.2) is 41.6 Å². The van der Waals surface area contributed by atoms with E-state index in [-0.39, 0.29) is 17.6 Å². The van der Waals surface area contributed by atoms with E-state index in [1.165, 1.54) is 12.1 Å². The molecule has 0 amide bonds. The summed E-state index contributed by atoms with van der Waals surface area (Å²) in [5, 5.41) is 3.15. The third-order valence-corrected chi connectivity index (χ3v) is 5.77. The van der Waals surface area contributed by atoms with Crippen molar-refractivity contribution < 1.29 is 14.0 Å². The zero-order chi connectivity index (χ0) is 19.5. The molecule has 5 nitrogen and oxygen atoms in total. The van der Waals surface area contributed by atoms with Gasteiger partial charge in [0, 0.05) is 17.8 Å². The molecule has 1 atom stereocenters. The maximum atomic E-state index is 13.0. The lowest BCUT2D eigenvalue weighted by molar-refractivity contribution is -0.109. The fourth-order valence-corrected chi connectivity index (χ4v) is 4.11. The van der Waals surface area contributed by atoms with Crippen LogP contribution >= 0.6 is 0 Å². The van der Waals surface area contributed by atoms with E-state index >= 15 is 0 Å². The van der Waals surface area contributed by atoms with Crippen molar-refractivity contribution in [1.82, 2.24) is 15.2 Å². The molecule has 0 bridgehead atoms. The largest absolute Gasteiger partial charge is 0.301 e. The van der Waals surface area contributed by atoms with Gasteiger partial charge in [0.15, 0.2) is 5.78 Å². The number of benzene rings is 1. The summed E-state index contributed by atoms with van der Waals surface area (Å²) in [6.07, 6.45) is 3.92. The van der Waals surface area contributed by atoms with E-state index in [9.17, 15) is 14.0 Å². The topological polar surface area (TPSA) is 62.3 Å². The Labute approximate surface area is 164 Å². The number of fused-ring (bicyclic) bond motifs is 1. The Bertz CT molecular complexity index is 861. The second-order valence-corrected chi connectivity index (χ2v) is 7.69. The quantitative estimate of drug-likeness (QED) is 0.616. The molecule has 3 heterocycles. The number of nitrogens with zero attached hydrogens (tertiary/aromatic N) is 2. The number of rotatable bonds is 6. The molecular formula is C22H24FN3O2. The van der Waals surface area contributed by atoms with Gasteiger partial charge in [0.25, 0.3) is 0 Å². The normalized spacial score (nSPS) is 20.1. The summed E-state index contributed by atoms with van der Waals surface area (Å²) in [5.74, 6) is 0.268. The van der Waals surface area contributed by atoms with Crippen molar-refractivity contribution in [3.05, 3.63) is 64.7 Å². The minimum atomic E-state index is -0.324. The standard InChI is InChI=1S/C22H24FN3O2/c23-17-3-1-16(2-4-17)22(28)13-26-9-7-15(8-10-26)11-18-5-6-19-20(25-18)12-24-21(19)14-27/h1-6,14-15,21,24H,7-13H2. The molecule has 2 aliphatic rings. The molecule has 2 aromatic rings. The third-order valence-electron chi connectivity index (χ3n) is 5.77. The van der Waals surface area contributed by atoms with Gasteiger partial charge in [0.05, 0.1) is 18.3 Å². The molecule has 2 aliphatic heterocycles. The van der Waals surface area contributed by atoms with E-state index in [0.717, 1.165) is 55.6 Å². The molecule has 28 heavy (non-hydrogen) atoms. The summed E-state index contributed by atoms with van der Waals surface area (Å²) in [6.45, 7) is 2.80. The van der Waals surface area contributed by atoms with Crippen LogP contribution in [0.1, 0.15) is 46.2 Å². The number of carbonyl (C=O) groups excluding carboxylic acids is 2. The average Bonchev–Trinajstić information content (AvgIpc) is 3.12. The zero-order valence-corrected chi connectivity index (χ0v) is 15.7. The van der Waals surface area contributed by atoms with Gasteiger partial charge in [-0.2, -0.15) is 0 Å². The van der Waals surface area contributed by atoms with Crippen LogP contribution in [0, 0.1) is 11.7 Å². The summed E-state index contributed by atoms with van der Waals surface area (Å²) in [4.78, 5) is 30.3. The number of pyridine rings is 1. The number of Topliss-reactive ketones (excluding diaryl/α,β-unsaturated/α-hetero) is 1. The van der Waals surface area contributed by atoms with Crippen molar-refractivity contribution in [3.63, 3.8) is 0 Å². The van der Waals surface area contributed by atoms with Crippen LogP contribution < -0.4 is 5.32 Å². The first-order valence-corrected chi connectivity index (χ1v) is 9.81. The highest BCUT2D eigenvalue weighted by Gasteiger charge is 2.25. The first-order chi connectivity index (χ1) is 13.6. The van der Waals surface area contributed by atoms with Gasteiger partial charge >= 0.3 is 0 Å². The molecule has 1 fully saturated rings. The number of piperidine rings is 1. The number of nitrogens with one attached hydrogen (secondary N) is 1. The Kier molecular flexibility index (Phi) is 5.59. The van der Waals surface area contributed by atoms with E-state index in [4.69, 9.17) is 4.98 Å². The predicted octanol–water partition coefficient (Wildman–Crippen LogP) is 2.70. The molecule has 0 radical (unpaired) electrons. The summed E-state index contributed by atoms with van der Waals surface area (Å²) in [7, 11) is 0. The van der Waals surface area contributed by atoms with Crippen molar-refractivity contribution >= 4 is 12.1 Å². The molecule has 1 aromatic carbocycles. The van der Waals surface area contributed by atoms with Crippen LogP contribution in [0.3, 0.4) is 0 Å². The minimum absolute atomic E-state index is 0.0379. The molecule has 1 unspecified atom stereocenters. The van der Waals surface area contributed by atoms with E-state index in [1.807, 2.05) is 12.1 Å². The van der Waals surface area contributed by atoms with Crippen molar-refractivity contribution in [2.75, 3.05) is 19.6 Å². The number of aldehydes is 1. The number of carbonyl (C=O) groups is 2. The predicted molar refractivity (Wildman–Crippen MR) is 103 cm³/mol. The molecule has 6 heteroatoms. The summed E-state index contributed by atoms with van der Waals surface area (Å²) >= 11 is 0. The van der Waals surface area contributed by atoms with Crippen LogP contribution in [0.2, 0.25) is 0 Å². The lowest BCUT2D eigenvalue weighted by atomic mass is 9.91. The molecule has 1 saturated heterocycles. The third kappa shape index (κ3) is 4.18. The van der Waals surface area contributed by atoms with Gasteiger partial charge in [-0.25, -0.2) is 4.39 Å². The summed E-state index contributed by atoms with van der Waals surface area (Å²) in [5.41, 5.74) is 3.62. The Hall–Kier alpha value is -2.44. The minimum Gasteiger partial charge on any atom is -0.301 e. The van der Waals surface area contributed by atoms with Gasteiger partial charge in [-0.15, -0.1) is 0 Å². The Morgan fingerprint density at radius 1 is 1.18 bits per heavy atom. The highest BCUT2D eigenvalue weighted by molar-refractivity contribution is 5.97. The van der Waals surface area contributed by atoms with E-state index in [1.54, 1.807) is 12.1 Å². The van der Waals surface area contributed by atoms with Crippen molar-refractivity contribution in [2.45, 2.75) is 31.8 Å². The molecule has 0 spiro atoms. The SMILES string of the molecule is O=CC1NCc2nc(CC3CCN(CC(=O)c4ccc(F)cc4)CC3)ccc21. The number of hydrogen-bond acceptors (Lipinski definition) is 5. The van der Waals surface area contributed by atoms with Crippen LogP contribution in [-0.2, 0) is 17.8 Å². The number of ketones is 1. The molecule has 4 rings (SSSR count). The van der Waals surface area contributed by atoms with Gasteiger partial charge in [-0.3, -0.25) is 20.0 Å². The maximum absolute atomic E-state index is 13.0. The Balaban J connectivity index is 1.28. The summed E-state index contributed by atoms with van der Waals surface area (Å²) in [6, 6.07) is 9.59.